The van der Waals surface area contributed by atoms with Gasteiger partial charge in [-0.2, -0.15) is 0 Å². The van der Waals surface area contributed by atoms with E-state index in [4.69, 9.17) is 18.6 Å². The highest BCUT2D eigenvalue weighted by Gasteiger charge is 2.23. The molecule has 0 atom stereocenters. The van der Waals surface area contributed by atoms with Crippen LogP contribution in [-0.4, -0.2) is 32.2 Å². The number of methoxy groups -OCH3 is 1. The third kappa shape index (κ3) is 4.51. The molecule has 0 aliphatic heterocycles. The summed E-state index contributed by atoms with van der Waals surface area (Å²) in [6.45, 7) is 4.78. The van der Waals surface area contributed by atoms with Gasteiger partial charge in [-0.25, -0.2) is 4.79 Å². The maximum atomic E-state index is 12.7. The third-order valence-corrected chi connectivity index (χ3v) is 4.20. The topological polar surface area (TPSA) is 87.0 Å². The fourth-order valence-electron chi connectivity index (χ4n) is 2.98. The first kappa shape index (κ1) is 20.3. The second-order valence-corrected chi connectivity index (χ2v) is 6.17. The summed E-state index contributed by atoms with van der Waals surface area (Å²) < 4.78 is 21.5. The van der Waals surface area contributed by atoms with Crippen LogP contribution in [-0.2, 0) is 16.0 Å². The van der Waals surface area contributed by atoms with Gasteiger partial charge in [0.05, 0.1) is 26.7 Å². The molecule has 0 aliphatic rings. The molecule has 0 aliphatic carbocycles. The van der Waals surface area contributed by atoms with Crippen molar-refractivity contribution in [2.75, 3.05) is 25.6 Å². The van der Waals surface area contributed by atoms with Gasteiger partial charge in [-0.1, -0.05) is 18.2 Å². The number of fused-ring (bicyclic) bond motifs is 1. The first-order valence-corrected chi connectivity index (χ1v) is 9.35. The molecule has 0 bridgehead atoms. The lowest BCUT2D eigenvalue weighted by Gasteiger charge is -2.12. The van der Waals surface area contributed by atoms with Crippen LogP contribution < -0.4 is 14.8 Å². The zero-order valence-corrected chi connectivity index (χ0v) is 16.6. The first-order chi connectivity index (χ1) is 14.1. The van der Waals surface area contributed by atoms with E-state index in [0.29, 0.717) is 41.4 Å². The lowest BCUT2D eigenvalue weighted by molar-refractivity contribution is -0.115. The number of amides is 1. The normalized spacial score (nSPS) is 10.6. The van der Waals surface area contributed by atoms with E-state index in [0.717, 1.165) is 5.56 Å². The molecule has 3 aromatic rings. The van der Waals surface area contributed by atoms with Gasteiger partial charge in [0.15, 0.2) is 11.5 Å². The van der Waals surface area contributed by atoms with Gasteiger partial charge < -0.3 is 23.9 Å². The van der Waals surface area contributed by atoms with E-state index in [1.54, 1.807) is 36.4 Å². The Balaban J connectivity index is 1.84. The number of carbonyl (C=O) groups is 2. The van der Waals surface area contributed by atoms with Crippen LogP contribution in [0, 0.1) is 0 Å². The quantitative estimate of drug-likeness (QED) is 0.573. The van der Waals surface area contributed by atoms with E-state index >= 15 is 0 Å². The number of hydrogen-bond acceptors (Lipinski definition) is 6. The predicted octanol–water partition coefficient (Wildman–Crippen LogP) is 4.20. The molecule has 152 valence electrons. The largest absolute Gasteiger partial charge is 0.490 e. The fraction of sp³-hybridized carbons (Fsp3) is 0.273. The molecule has 0 unspecified atom stereocenters. The molecule has 0 saturated carbocycles. The van der Waals surface area contributed by atoms with Crippen molar-refractivity contribution in [2.24, 2.45) is 0 Å². The van der Waals surface area contributed by atoms with E-state index in [1.807, 2.05) is 19.9 Å². The number of rotatable bonds is 8. The van der Waals surface area contributed by atoms with E-state index in [9.17, 15) is 9.59 Å². The minimum absolute atomic E-state index is 0.0382. The Morgan fingerprint density at radius 3 is 2.45 bits per heavy atom. The Morgan fingerprint density at radius 2 is 1.72 bits per heavy atom. The lowest BCUT2D eigenvalue weighted by Crippen LogP contribution is -2.16. The number of esters is 1. The van der Waals surface area contributed by atoms with Crippen LogP contribution in [0.2, 0.25) is 0 Å². The first-order valence-electron chi connectivity index (χ1n) is 9.35. The summed E-state index contributed by atoms with van der Waals surface area (Å²) in [5, 5.41) is 3.41. The summed E-state index contributed by atoms with van der Waals surface area (Å²) in [6, 6.07) is 12.4. The summed E-state index contributed by atoms with van der Waals surface area (Å²) in [5.41, 5.74) is 1.54. The molecular formula is C22H23NO6. The zero-order chi connectivity index (χ0) is 20.8. The molecule has 1 aromatic heterocycles. The molecule has 0 spiro atoms. The Bertz CT molecular complexity index is 1020. The molecule has 7 nitrogen and oxygen atoms in total. The van der Waals surface area contributed by atoms with Crippen molar-refractivity contribution >= 4 is 28.5 Å². The van der Waals surface area contributed by atoms with E-state index in [-0.39, 0.29) is 18.1 Å². The van der Waals surface area contributed by atoms with Crippen LogP contribution in [0.25, 0.3) is 11.0 Å². The van der Waals surface area contributed by atoms with Gasteiger partial charge in [0.1, 0.15) is 11.3 Å². The molecule has 2 aromatic carbocycles. The third-order valence-electron chi connectivity index (χ3n) is 4.20. The maximum absolute atomic E-state index is 12.7. The molecule has 1 N–H and O–H groups in total. The van der Waals surface area contributed by atoms with Gasteiger partial charge in [0.2, 0.25) is 11.7 Å². The Morgan fingerprint density at radius 1 is 1.00 bits per heavy atom. The van der Waals surface area contributed by atoms with Crippen molar-refractivity contribution in [3.8, 4) is 11.5 Å². The molecule has 1 heterocycles. The molecule has 0 radical (unpaired) electrons. The highest BCUT2D eigenvalue weighted by Crippen LogP contribution is 2.32. The van der Waals surface area contributed by atoms with Crippen molar-refractivity contribution in [2.45, 2.75) is 20.3 Å². The molecule has 0 fully saturated rings. The molecular weight excluding hydrogens is 374 g/mol. The van der Waals surface area contributed by atoms with E-state index < -0.39 is 5.97 Å². The van der Waals surface area contributed by atoms with Crippen molar-refractivity contribution in [1.29, 1.82) is 0 Å². The average molecular weight is 397 g/mol. The van der Waals surface area contributed by atoms with Gasteiger partial charge in [0, 0.05) is 5.39 Å². The van der Waals surface area contributed by atoms with Crippen LogP contribution in [0.15, 0.2) is 46.9 Å². The van der Waals surface area contributed by atoms with Gasteiger partial charge in [-0.15, -0.1) is 0 Å². The molecule has 3 rings (SSSR count). The molecule has 1 amide bonds. The zero-order valence-electron chi connectivity index (χ0n) is 16.6. The van der Waals surface area contributed by atoms with Crippen LogP contribution >= 0.6 is 0 Å². The summed E-state index contributed by atoms with van der Waals surface area (Å²) in [7, 11) is 1.26. The lowest BCUT2D eigenvalue weighted by atomic mass is 10.1. The summed E-state index contributed by atoms with van der Waals surface area (Å²) in [4.78, 5) is 24.8. The minimum Gasteiger partial charge on any atom is -0.490 e. The number of benzene rings is 2. The van der Waals surface area contributed by atoms with Gasteiger partial charge >= 0.3 is 5.97 Å². The van der Waals surface area contributed by atoms with E-state index in [2.05, 4.69) is 5.32 Å². The highest BCUT2D eigenvalue weighted by atomic mass is 16.5. The number of carbonyl (C=O) groups excluding carboxylic acids is 2. The van der Waals surface area contributed by atoms with Crippen LogP contribution in [0.4, 0.5) is 5.69 Å². The Hall–Kier alpha value is -3.48. The molecule has 7 heteroatoms. The number of nitrogens with one attached hydrogen (secondary N) is 1. The predicted molar refractivity (Wildman–Crippen MR) is 109 cm³/mol. The van der Waals surface area contributed by atoms with Gasteiger partial charge in [0.25, 0.3) is 0 Å². The van der Waals surface area contributed by atoms with Gasteiger partial charge in [-0.05, 0) is 43.7 Å². The van der Waals surface area contributed by atoms with E-state index in [1.165, 1.54) is 7.11 Å². The number of para-hydroxylation sites is 1. The average Bonchev–Trinajstić information content (AvgIpc) is 3.08. The molecule has 0 saturated heterocycles. The summed E-state index contributed by atoms with van der Waals surface area (Å²) in [6.07, 6.45) is 0.0899. The maximum Gasteiger partial charge on any atom is 0.376 e. The Kier molecular flexibility index (Phi) is 6.39. The summed E-state index contributed by atoms with van der Waals surface area (Å²) >= 11 is 0. The monoisotopic (exact) mass is 397 g/mol. The van der Waals surface area contributed by atoms with Crippen molar-refractivity contribution < 1.29 is 28.2 Å². The van der Waals surface area contributed by atoms with Gasteiger partial charge in [-0.3, -0.25) is 4.79 Å². The van der Waals surface area contributed by atoms with Crippen molar-refractivity contribution in [3.63, 3.8) is 0 Å². The summed E-state index contributed by atoms with van der Waals surface area (Å²) in [5.74, 6) is 0.226. The second-order valence-electron chi connectivity index (χ2n) is 6.17. The standard InChI is InChI=1S/C22H23NO6/c1-4-27-17-11-10-14(12-18(17)28-5-2)13-19(24)23-20-15-8-6-7-9-16(15)29-21(20)22(25)26-3/h6-12H,4-5,13H2,1-3H3,(H,23,24). The van der Waals surface area contributed by atoms with Crippen LogP contribution in [0.1, 0.15) is 30.0 Å². The van der Waals surface area contributed by atoms with Crippen molar-refractivity contribution in [1.82, 2.24) is 0 Å². The molecule has 29 heavy (non-hydrogen) atoms. The van der Waals surface area contributed by atoms with Crippen LogP contribution in [0.3, 0.4) is 0 Å². The number of furan rings is 1. The number of hydrogen-bond donors (Lipinski definition) is 1. The number of anilines is 1. The SMILES string of the molecule is CCOc1ccc(CC(=O)Nc2c(C(=O)OC)oc3ccccc23)cc1OCC. The number of ether oxygens (including phenoxy) is 3. The minimum atomic E-state index is -0.656. The Labute approximate surface area is 168 Å². The van der Waals surface area contributed by atoms with Crippen LogP contribution in [0.5, 0.6) is 11.5 Å². The van der Waals surface area contributed by atoms with Crippen molar-refractivity contribution in [3.05, 3.63) is 53.8 Å². The fourth-order valence-corrected chi connectivity index (χ4v) is 2.98. The second kappa shape index (κ2) is 9.14. The highest BCUT2D eigenvalue weighted by molar-refractivity contribution is 6.09. The smallest absolute Gasteiger partial charge is 0.376 e.